The number of imide groups is 1. The van der Waals surface area contributed by atoms with Gasteiger partial charge in [0, 0.05) is 42.6 Å². The zero-order chi connectivity index (χ0) is 21.2. The van der Waals surface area contributed by atoms with Crippen LogP contribution in [0.3, 0.4) is 0 Å². The van der Waals surface area contributed by atoms with Crippen molar-refractivity contribution in [3.8, 4) is 0 Å². The van der Waals surface area contributed by atoms with E-state index in [4.69, 9.17) is 0 Å². The van der Waals surface area contributed by atoms with Gasteiger partial charge in [-0.05, 0) is 43.5 Å². The fraction of sp³-hybridized carbons (Fsp3) is 0.435. The van der Waals surface area contributed by atoms with Crippen molar-refractivity contribution in [2.45, 2.75) is 26.7 Å². The first kappa shape index (κ1) is 21.0. The lowest BCUT2D eigenvalue weighted by Gasteiger charge is -2.28. The lowest BCUT2D eigenvalue weighted by molar-refractivity contribution is -0.121. The Morgan fingerprint density at radius 2 is 1.62 bits per heavy atom. The number of hydrogen-bond acceptors (Lipinski definition) is 4. The number of amides is 3. The molecule has 0 unspecified atom stereocenters. The Kier molecular flexibility index (Phi) is 6.03. The summed E-state index contributed by atoms with van der Waals surface area (Å²) in [7, 11) is 4.02. The normalized spacial score (nSPS) is 14.0. The van der Waals surface area contributed by atoms with E-state index in [9.17, 15) is 14.4 Å². The van der Waals surface area contributed by atoms with Crippen LogP contribution in [0.4, 0.5) is 0 Å². The molecule has 0 saturated carbocycles. The van der Waals surface area contributed by atoms with Crippen molar-refractivity contribution < 1.29 is 14.4 Å². The Balaban J connectivity index is 1.59. The largest absolute Gasteiger partial charge is 0.356 e. The van der Waals surface area contributed by atoms with Gasteiger partial charge < -0.3 is 10.2 Å². The number of carbonyl (C=O) groups is 3. The summed E-state index contributed by atoms with van der Waals surface area (Å²) in [5, 5.41) is 4.58. The van der Waals surface area contributed by atoms with Crippen molar-refractivity contribution in [1.82, 2.24) is 15.1 Å². The molecule has 2 aromatic carbocycles. The van der Waals surface area contributed by atoms with Crippen molar-refractivity contribution in [3.63, 3.8) is 0 Å². The molecule has 6 heteroatoms. The smallest absolute Gasteiger partial charge is 0.261 e. The lowest BCUT2D eigenvalue weighted by Crippen LogP contribution is -2.42. The molecule has 6 nitrogen and oxygen atoms in total. The lowest BCUT2D eigenvalue weighted by atomic mass is 9.93. The van der Waals surface area contributed by atoms with Crippen molar-refractivity contribution in [2.75, 3.05) is 33.7 Å². The standard InChI is InChI=1S/C23H29N3O3/c1-23(2,15-25(3)4)14-24-19(27)12-7-13-26-21(28)17-10-5-8-16-9-6-11-18(20(16)17)22(26)29/h5-6,8-11H,7,12-15H2,1-4H3,(H,24,27). The SMILES string of the molecule is CN(C)CC(C)(C)CNC(=O)CCCN1C(=O)c2cccc3cccc(c23)C1=O. The van der Waals surface area contributed by atoms with Crippen LogP contribution in [-0.2, 0) is 4.79 Å². The molecule has 0 saturated heterocycles. The van der Waals surface area contributed by atoms with Crippen LogP contribution in [-0.4, -0.2) is 61.3 Å². The monoisotopic (exact) mass is 395 g/mol. The molecule has 1 heterocycles. The quantitative estimate of drug-likeness (QED) is 0.698. The first-order chi connectivity index (χ1) is 13.7. The molecule has 3 rings (SSSR count). The third-order valence-corrected chi connectivity index (χ3v) is 5.15. The van der Waals surface area contributed by atoms with Gasteiger partial charge in [0.2, 0.25) is 5.91 Å². The molecule has 0 aromatic heterocycles. The van der Waals surface area contributed by atoms with Gasteiger partial charge in [-0.3, -0.25) is 19.3 Å². The molecule has 0 atom stereocenters. The van der Waals surface area contributed by atoms with Crippen LogP contribution in [0, 0.1) is 5.41 Å². The minimum absolute atomic E-state index is 0.0274. The van der Waals surface area contributed by atoms with Gasteiger partial charge in [-0.25, -0.2) is 0 Å². The first-order valence-corrected chi connectivity index (χ1v) is 9.99. The van der Waals surface area contributed by atoms with Gasteiger partial charge in [-0.2, -0.15) is 0 Å². The molecule has 0 radical (unpaired) electrons. The van der Waals surface area contributed by atoms with E-state index in [1.807, 2.05) is 38.4 Å². The molecule has 0 spiro atoms. The van der Waals surface area contributed by atoms with E-state index in [2.05, 4.69) is 24.1 Å². The summed E-state index contributed by atoms with van der Waals surface area (Å²) in [6.07, 6.45) is 0.719. The fourth-order valence-corrected chi connectivity index (χ4v) is 4.02. The molecule has 1 N–H and O–H groups in total. The van der Waals surface area contributed by atoms with Gasteiger partial charge >= 0.3 is 0 Å². The van der Waals surface area contributed by atoms with Crippen LogP contribution in [0.5, 0.6) is 0 Å². The topological polar surface area (TPSA) is 69.7 Å². The Bertz CT molecular complexity index is 899. The summed E-state index contributed by atoms with van der Waals surface area (Å²) >= 11 is 0. The van der Waals surface area contributed by atoms with Crippen molar-refractivity contribution >= 4 is 28.5 Å². The number of benzene rings is 2. The van der Waals surface area contributed by atoms with Gasteiger partial charge in [0.25, 0.3) is 11.8 Å². The fourth-order valence-electron chi connectivity index (χ4n) is 4.02. The molecule has 2 aromatic rings. The maximum absolute atomic E-state index is 12.8. The molecular formula is C23H29N3O3. The number of nitrogens with zero attached hydrogens (tertiary/aromatic N) is 2. The summed E-state index contributed by atoms with van der Waals surface area (Å²) in [5.41, 5.74) is 1.07. The van der Waals surface area contributed by atoms with Crippen molar-refractivity contribution in [1.29, 1.82) is 0 Å². The molecule has 0 aliphatic carbocycles. The van der Waals surface area contributed by atoms with E-state index in [1.54, 1.807) is 12.1 Å². The second-order valence-corrected chi connectivity index (χ2v) is 8.75. The Hall–Kier alpha value is -2.73. The van der Waals surface area contributed by atoms with Crippen LogP contribution in [0.25, 0.3) is 10.8 Å². The highest BCUT2D eigenvalue weighted by Gasteiger charge is 2.32. The Morgan fingerprint density at radius 1 is 1.03 bits per heavy atom. The minimum atomic E-state index is -0.285. The summed E-state index contributed by atoms with van der Waals surface area (Å²) in [6, 6.07) is 11.0. The zero-order valence-corrected chi connectivity index (χ0v) is 17.6. The first-order valence-electron chi connectivity index (χ1n) is 9.99. The molecule has 29 heavy (non-hydrogen) atoms. The van der Waals surface area contributed by atoms with Gasteiger partial charge in [-0.15, -0.1) is 0 Å². The van der Waals surface area contributed by atoms with Crippen LogP contribution < -0.4 is 5.32 Å². The highest BCUT2D eigenvalue weighted by atomic mass is 16.2. The number of hydrogen-bond donors (Lipinski definition) is 1. The molecule has 154 valence electrons. The van der Waals surface area contributed by atoms with E-state index >= 15 is 0 Å². The van der Waals surface area contributed by atoms with E-state index in [-0.39, 0.29) is 36.1 Å². The maximum Gasteiger partial charge on any atom is 0.261 e. The van der Waals surface area contributed by atoms with E-state index in [0.29, 0.717) is 24.1 Å². The Morgan fingerprint density at radius 3 is 2.17 bits per heavy atom. The van der Waals surface area contributed by atoms with Gasteiger partial charge in [0.15, 0.2) is 0 Å². The van der Waals surface area contributed by atoms with Crippen molar-refractivity contribution in [3.05, 3.63) is 47.5 Å². The summed E-state index contributed by atoms with van der Waals surface area (Å²) in [5.74, 6) is -0.630. The highest BCUT2D eigenvalue weighted by molar-refractivity contribution is 6.25. The third kappa shape index (κ3) is 4.65. The van der Waals surface area contributed by atoms with E-state index in [0.717, 1.165) is 17.3 Å². The molecule has 1 aliphatic rings. The highest BCUT2D eigenvalue weighted by Crippen LogP contribution is 2.30. The number of nitrogens with one attached hydrogen (secondary N) is 1. The van der Waals surface area contributed by atoms with Crippen LogP contribution >= 0.6 is 0 Å². The predicted molar refractivity (Wildman–Crippen MR) is 114 cm³/mol. The molecular weight excluding hydrogens is 366 g/mol. The second kappa shape index (κ2) is 8.33. The van der Waals surface area contributed by atoms with Gasteiger partial charge in [-0.1, -0.05) is 38.1 Å². The number of carbonyl (C=O) groups excluding carboxylic acids is 3. The molecule has 0 bridgehead atoms. The van der Waals surface area contributed by atoms with E-state index in [1.165, 1.54) is 4.90 Å². The predicted octanol–water partition coefficient (Wildman–Crippen LogP) is 2.92. The van der Waals surface area contributed by atoms with Crippen LogP contribution in [0.1, 0.15) is 47.4 Å². The van der Waals surface area contributed by atoms with Gasteiger partial charge in [0.05, 0.1) is 0 Å². The number of rotatable bonds is 8. The zero-order valence-electron chi connectivity index (χ0n) is 17.6. The Labute approximate surface area is 171 Å². The summed E-state index contributed by atoms with van der Waals surface area (Å²) in [4.78, 5) is 41.3. The molecule has 0 fully saturated rings. The maximum atomic E-state index is 12.8. The van der Waals surface area contributed by atoms with Crippen LogP contribution in [0.15, 0.2) is 36.4 Å². The van der Waals surface area contributed by atoms with Crippen molar-refractivity contribution in [2.24, 2.45) is 5.41 Å². The third-order valence-electron chi connectivity index (χ3n) is 5.15. The average molecular weight is 396 g/mol. The second-order valence-electron chi connectivity index (χ2n) is 8.75. The minimum Gasteiger partial charge on any atom is -0.356 e. The van der Waals surface area contributed by atoms with Crippen LogP contribution in [0.2, 0.25) is 0 Å². The summed E-state index contributed by atoms with van der Waals surface area (Å²) < 4.78 is 0. The van der Waals surface area contributed by atoms with Gasteiger partial charge in [0.1, 0.15) is 0 Å². The molecule has 3 amide bonds. The average Bonchev–Trinajstić information content (AvgIpc) is 2.66. The van der Waals surface area contributed by atoms with E-state index < -0.39 is 0 Å². The summed E-state index contributed by atoms with van der Waals surface area (Å²) in [6.45, 7) is 5.90. The molecule has 1 aliphatic heterocycles.